The number of carbonyl (C=O) groups excluding carboxylic acids is 1. The molecule has 2 heterocycles. The fourth-order valence-electron chi connectivity index (χ4n) is 2.15. The van der Waals surface area contributed by atoms with E-state index in [0.717, 1.165) is 0 Å². The zero-order valence-corrected chi connectivity index (χ0v) is 11.4. The normalized spacial score (nSPS) is 18.7. The number of hydrogen-bond acceptors (Lipinski definition) is 5. The first kappa shape index (κ1) is 13.1. The fraction of sp³-hybridized carbons (Fsp3) is 0.308. The summed E-state index contributed by atoms with van der Waals surface area (Å²) in [6, 6.07) is 4.54. The van der Waals surface area contributed by atoms with Crippen LogP contribution < -0.4 is 9.47 Å². The summed E-state index contributed by atoms with van der Waals surface area (Å²) in [5.74, 6) is 0.975. The van der Waals surface area contributed by atoms with Crippen molar-refractivity contribution in [2.45, 2.75) is 4.90 Å². The van der Waals surface area contributed by atoms with E-state index in [4.69, 9.17) is 9.47 Å². The first-order chi connectivity index (χ1) is 9.61. The van der Waals surface area contributed by atoms with Crippen LogP contribution in [0.15, 0.2) is 34.7 Å². The number of ether oxygens (including phenoxy) is 2. The third-order valence-corrected chi connectivity index (χ3v) is 5.03. The molecule has 0 amide bonds. The number of hydrogen-bond donors (Lipinski definition) is 0. The molecule has 0 bridgehead atoms. The third kappa shape index (κ3) is 2.19. The summed E-state index contributed by atoms with van der Waals surface area (Å²) >= 11 is 0. The number of nitrogens with zero attached hydrogens (tertiary/aromatic N) is 1. The van der Waals surface area contributed by atoms with Crippen LogP contribution in [0.1, 0.15) is 0 Å². The van der Waals surface area contributed by atoms with Crippen LogP contribution in [0.5, 0.6) is 11.5 Å². The van der Waals surface area contributed by atoms with Crippen LogP contribution in [-0.4, -0.2) is 45.3 Å². The Bertz CT molecular complexity index is 680. The highest BCUT2D eigenvalue weighted by Gasteiger charge is 2.29. The van der Waals surface area contributed by atoms with Gasteiger partial charge in [0.25, 0.3) is 0 Å². The van der Waals surface area contributed by atoms with Gasteiger partial charge in [-0.25, -0.2) is 8.42 Å². The molecule has 0 aliphatic carbocycles. The molecular formula is C13H13NO5S. The van der Waals surface area contributed by atoms with E-state index in [9.17, 15) is 13.2 Å². The second kappa shape index (κ2) is 4.92. The molecule has 0 saturated carbocycles. The van der Waals surface area contributed by atoms with Gasteiger partial charge in [0, 0.05) is 24.7 Å². The molecule has 2 aliphatic rings. The van der Waals surface area contributed by atoms with E-state index in [-0.39, 0.29) is 18.0 Å². The van der Waals surface area contributed by atoms with Crippen LogP contribution >= 0.6 is 0 Å². The van der Waals surface area contributed by atoms with Crippen molar-refractivity contribution in [2.75, 3.05) is 26.3 Å². The van der Waals surface area contributed by atoms with Gasteiger partial charge in [-0.05, 0) is 12.1 Å². The molecule has 0 radical (unpaired) electrons. The lowest BCUT2D eigenvalue weighted by atomic mass is 10.3. The molecule has 0 unspecified atom stereocenters. The highest BCUT2D eigenvalue weighted by atomic mass is 32.2. The maximum Gasteiger partial charge on any atom is 0.243 e. The number of fused-ring (bicyclic) bond motifs is 1. The first-order valence-electron chi connectivity index (χ1n) is 6.15. The van der Waals surface area contributed by atoms with Gasteiger partial charge < -0.3 is 9.47 Å². The monoisotopic (exact) mass is 295 g/mol. The summed E-state index contributed by atoms with van der Waals surface area (Å²) in [7, 11) is -3.63. The molecule has 0 fully saturated rings. The van der Waals surface area contributed by atoms with Crippen LogP contribution in [0.2, 0.25) is 0 Å². The molecule has 7 heteroatoms. The molecule has 106 valence electrons. The van der Waals surface area contributed by atoms with Crippen molar-refractivity contribution in [3.63, 3.8) is 0 Å². The molecule has 2 aliphatic heterocycles. The Morgan fingerprint density at radius 3 is 2.60 bits per heavy atom. The molecule has 0 N–H and O–H groups in total. The van der Waals surface area contributed by atoms with Gasteiger partial charge in [-0.1, -0.05) is 6.08 Å². The minimum atomic E-state index is -3.63. The standard InChI is InChI=1S/C13H13NO5S/c15-9-10-3-4-14(8-10)20(16,17)11-1-2-12-13(7-11)19-6-5-18-12/h1-3,7,9H,4-6,8H2. The van der Waals surface area contributed by atoms with Crippen LogP contribution in [0.3, 0.4) is 0 Å². The maximum atomic E-state index is 12.5. The van der Waals surface area contributed by atoms with E-state index in [1.54, 1.807) is 12.1 Å². The summed E-state index contributed by atoms with van der Waals surface area (Å²) < 4.78 is 36.9. The molecule has 3 rings (SSSR count). The predicted molar refractivity (Wildman–Crippen MR) is 70.3 cm³/mol. The summed E-state index contributed by atoms with van der Waals surface area (Å²) in [4.78, 5) is 10.8. The molecular weight excluding hydrogens is 282 g/mol. The Kier molecular flexibility index (Phi) is 3.23. The van der Waals surface area contributed by atoms with E-state index in [1.165, 1.54) is 16.4 Å². The number of benzene rings is 1. The minimum absolute atomic E-state index is 0.111. The molecule has 0 aromatic heterocycles. The molecule has 6 nitrogen and oxygen atoms in total. The van der Waals surface area contributed by atoms with Gasteiger partial charge in [0.05, 0.1) is 4.90 Å². The van der Waals surface area contributed by atoms with Crippen molar-refractivity contribution in [2.24, 2.45) is 0 Å². The van der Waals surface area contributed by atoms with Crippen LogP contribution in [0, 0.1) is 0 Å². The molecule has 0 spiro atoms. The zero-order chi connectivity index (χ0) is 14.2. The number of carbonyl (C=O) groups is 1. The largest absolute Gasteiger partial charge is 0.486 e. The van der Waals surface area contributed by atoms with Crippen LogP contribution in [0.4, 0.5) is 0 Å². The average Bonchev–Trinajstić information content (AvgIpc) is 2.96. The van der Waals surface area contributed by atoms with Crippen molar-refractivity contribution in [3.05, 3.63) is 29.8 Å². The highest BCUT2D eigenvalue weighted by Crippen LogP contribution is 2.33. The SMILES string of the molecule is O=CC1=CCN(S(=O)(=O)c2ccc3c(c2)OCCO3)C1. The number of aldehydes is 1. The maximum absolute atomic E-state index is 12.5. The topological polar surface area (TPSA) is 72.9 Å². The van der Waals surface area contributed by atoms with Crippen molar-refractivity contribution in [1.82, 2.24) is 4.31 Å². The molecule has 1 aromatic carbocycles. The van der Waals surface area contributed by atoms with Gasteiger partial charge in [-0.15, -0.1) is 0 Å². The molecule has 20 heavy (non-hydrogen) atoms. The third-order valence-electron chi connectivity index (χ3n) is 3.22. The summed E-state index contributed by atoms with van der Waals surface area (Å²) in [5.41, 5.74) is 0.478. The summed E-state index contributed by atoms with van der Waals surface area (Å²) in [6.45, 7) is 1.18. The Morgan fingerprint density at radius 1 is 1.15 bits per heavy atom. The fourth-order valence-corrected chi connectivity index (χ4v) is 3.54. The van der Waals surface area contributed by atoms with Gasteiger partial charge in [0.15, 0.2) is 11.5 Å². The predicted octanol–water partition coefficient (Wildman–Crippen LogP) is 0.587. The van der Waals surface area contributed by atoms with Gasteiger partial charge in [0.2, 0.25) is 10.0 Å². The van der Waals surface area contributed by atoms with Crippen molar-refractivity contribution in [3.8, 4) is 11.5 Å². The minimum Gasteiger partial charge on any atom is -0.486 e. The highest BCUT2D eigenvalue weighted by molar-refractivity contribution is 7.89. The second-order valence-electron chi connectivity index (χ2n) is 4.50. The van der Waals surface area contributed by atoms with E-state index in [2.05, 4.69) is 0 Å². The van der Waals surface area contributed by atoms with Crippen LogP contribution in [0.25, 0.3) is 0 Å². The van der Waals surface area contributed by atoms with Gasteiger partial charge in [0.1, 0.15) is 19.5 Å². The molecule has 0 saturated heterocycles. The van der Waals surface area contributed by atoms with Gasteiger partial charge in [-0.3, -0.25) is 4.79 Å². The Labute approximate surface area is 116 Å². The van der Waals surface area contributed by atoms with Crippen molar-refractivity contribution >= 4 is 16.3 Å². The first-order valence-corrected chi connectivity index (χ1v) is 7.59. The number of sulfonamides is 1. The van der Waals surface area contributed by atoms with Gasteiger partial charge >= 0.3 is 0 Å². The number of rotatable bonds is 3. The summed E-state index contributed by atoms with van der Waals surface area (Å²) in [6.07, 6.45) is 2.29. The Balaban J connectivity index is 1.90. The lowest BCUT2D eigenvalue weighted by Crippen LogP contribution is -2.29. The molecule has 1 aromatic rings. The van der Waals surface area contributed by atoms with E-state index >= 15 is 0 Å². The Hall–Kier alpha value is -1.86. The van der Waals surface area contributed by atoms with E-state index in [1.807, 2.05) is 0 Å². The lowest BCUT2D eigenvalue weighted by Gasteiger charge is -2.20. The van der Waals surface area contributed by atoms with Crippen molar-refractivity contribution in [1.29, 1.82) is 0 Å². The van der Waals surface area contributed by atoms with Crippen molar-refractivity contribution < 1.29 is 22.7 Å². The van der Waals surface area contributed by atoms with E-state index in [0.29, 0.717) is 36.6 Å². The Morgan fingerprint density at radius 2 is 1.90 bits per heavy atom. The summed E-state index contributed by atoms with van der Waals surface area (Å²) in [5, 5.41) is 0. The van der Waals surface area contributed by atoms with Gasteiger partial charge in [-0.2, -0.15) is 4.31 Å². The smallest absolute Gasteiger partial charge is 0.243 e. The van der Waals surface area contributed by atoms with Crippen LogP contribution in [-0.2, 0) is 14.8 Å². The quantitative estimate of drug-likeness (QED) is 0.763. The average molecular weight is 295 g/mol. The molecule has 0 atom stereocenters. The second-order valence-corrected chi connectivity index (χ2v) is 6.44. The lowest BCUT2D eigenvalue weighted by molar-refractivity contribution is -0.104. The van der Waals surface area contributed by atoms with E-state index < -0.39 is 10.0 Å². The zero-order valence-electron chi connectivity index (χ0n) is 10.6.